The minimum atomic E-state index is -0.622. The van der Waals surface area contributed by atoms with Gasteiger partial charge in [-0.2, -0.15) is 10.1 Å². The van der Waals surface area contributed by atoms with Crippen LogP contribution in [0, 0.1) is 17.0 Å². The van der Waals surface area contributed by atoms with Crippen LogP contribution >= 0.6 is 0 Å². The van der Waals surface area contributed by atoms with E-state index in [1.807, 2.05) is 25.1 Å². The van der Waals surface area contributed by atoms with E-state index in [2.05, 4.69) is 30.7 Å². The molecule has 4 rings (SSSR count). The molecule has 124 valence electrons. The monoisotopic (exact) mass is 337 g/mol. The second-order valence-electron chi connectivity index (χ2n) is 5.31. The molecular formula is C15H11N7O3. The van der Waals surface area contributed by atoms with Crippen molar-refractivity contribution >= 4 is 40.1 Å². The zero-order chi connectivity index (χ0) is 17.4. The van der Waals surface area contributed by atoms with E-state index in [1.54, 1.807) is 0 Å². The van der Waals surface area contributed by atoms with Gasteiger partial charge in [-0.15, -0.1) is 10.2 Å². The number of benzene rings is 1. The first kappa shape index (κ1) is 14.8. The fourth-order valence-corrected chi connectivity index (χ4v) is 2.40. The van der Waals surface area contributed by atoms with Gasteiger partial charge in [0.1, 0.15) is 10.4 Å². The number of rotatable bonds is 4. The van der Waals surface area contributed by atoms with Crippen LogP contribution in [-0.4, -0.2) is 31.3 Å². The highest BCUT2D eigenvalue weighted by atomic mass is 16.6. The van der Waals surface area contributed by atoms with Gasteiger partial charge in [0.2, 0.25) is 0 Å². The minimum absolute atomic E-state index is 0.188. The lowest BCUT2D eigenvalue weighted by atomic mass is 10.2. The average Bonchev–Trinajstić information content (AvgIpc) is 3.19. The van der Waals surface area contributed by atoms with Crippen molar-refractivity contribution in [2.24, 2.45) is 5.10 Å². The summed E-state index contributed by atoms with van der Waals surface area (Å²) in [6, 6.07) is 8.66. The fourth-order valence-electron chi connectivity index (χ4n) is 2.40. The van der Waals surface area contributed by atoms with Crippen LogP contribution in [0.1, 0.15) is 11.3 Å². The average molecular weight is 337 g/mol. The van der Waals surface area contributed by atoms with Gasteiger partial charge >= 0.3 is 5.88 Å². The van der Waals surface area contributed by atoms with Gasteiger partial charge in [0.25, 0.3) is 5.95 Å². The number of aryl methyl sites for hydroxylation is 1. The lowest BCUT2D eigenvalue weighted by Gasteiger charge is -1.96. The molecule has 0 radical (unpaired) electrons. The third kappa shape index (κ3) is 2.76. The smallest absolute Gasteiger partial charge is 0.400 e. The van der Waals surface area contributed by atoms with Crippen molar-refractivity contribution in [3.63, 3.8) is 0 Å². The Balaban J connectivity index is 1.58. The molecule has 0 aliphatic carbocycles. The quantitative estimate of drug-likeness (QED) is 0.332. The summed E-state index contributed by atoms with van der Waals surface area (Å²) < 4.78 is 4.95. The highest BCUT2D eigenvalue weighted by Crippen LogP contribution is 2.23. The molecule has 0 saturated carbocycles. The van der Waals surface area contributed by atoms with Crippen molar-refractivity contribution in [1.29, 1.82) is 0 Å². The van der Waals surface area contributed by atoms with Gasteiger partial charge in [0.15, 0.2) is 11.4 Å². The van der Waals surface area contributed by atoms with Crippen LogP contribution < -0.4 is 5.43 Å². The Morgan fingerprint density at radius 3 is 3.00 bits per heavy atom. The summed E-state index contributed by atoms with van der Waals surface area (Å²) in [6.45, 7) is 2.00. The first-order chi connectivity index (χ1) is 12.1. The first-order valence-corrected chi connectivity index (χ1v) is 7.26. The molecule has 0 atom stereocenters. The summed E-state index contributed by atoms with van der Waals surface area (Å²) >= 11 is 0. The molecule has 3 heterocycles. The van der Waals surface area contributed by atoms with Crippen LogP contribution in [0.5, 0.6) is 0 Å². The predicted molar refractivity (Wildman–Crippen MR) is 90.5 cm³/mol. The molecule has 0 unspecified atom stereocenters. The second-order valence-corrected chi connectivity index (χ2v) is 5.31. The number of aromatic amines is 1. The van der Waals surface area contributed by atoms with E-state index in [4.69, 9.17) is 4.42 Å². The Bertz CT molecular complexity index is 1130. The second kappa shape index (κ2) is 5.67. The van der Waals surface area contributed by atoms with Crippen molar-refractivity contribution in [2.75, 3.05) is 5.43 Å². The van der Waals surface area contributed by atoms with Crippen LogP contribution in [-0.2, 0) is 0 Å². The highest BCUT2D eigenvalue weighted by molar-refractivity contribution is 6.03. The van der Waals surface area contributed by atoms with Crippen LogP contribution in [0.3, 0.4) is 0 Å². The van der Waals surface area contributed by atoms with Crippen molar-refractivity contribution in [2.45, 2.75) is 6.92 Å². The normalized spacial score (nSPS) is 11.6. The van der Waals surface area contributed by atoms with Crippen molar-refractivity contribution in [3.05, 3.63) is 51.8 Å². The number of aromatic nitrogens is 4. The largest absolute Gasteiger partial charge is 0.433 e. The molecule has 10 nitrogen and oxygen atoms in total. The third-order valence-electron chi connectivity index (χ3n) is 3.52. The molecule has 3 aromatic heterocycles. The van der Waals surface area contributed by atoms with Crippen LogP contribution in [0.25, 0.3) is 22.1 Å². The van der Waals surface area contributed by atoms with Crippen molar-refractivity contribution in [1.82, 2.24) is 20.2 Å². The summed E-state index contributed by atoms with van der Waals surface area (Å²) in [6.07, 6.45) is 1.29. The van der Waals surface area contributed by atoms with E-state index in [-0.39, 0.29) is 17.6 Å². The number of furan rings is 1. The Labute approximate surface area is 139 Å². The molecule has 0 spiro atoms. The van der Waals surface area contributed by atoms with Crippen molar-refractivity contribution in [3.8, 4) is 0 Å². The molecule has 0 bridgehead atoms. The van der Waals surface area contributed by atoms with Gasteiger partial charge in [-0.25, -0.2) is 5.43 Å². The zero-order valence-electron chi connectivity index (χ0n) is 12.9. The molecule has 0 aliphatic rings. The Morgan fingerprint density at radius 1 is 1.32 bits per heavy atom. The standard InChI is InChI=1S/C15H11N7O3/c1-8-2-4-11-10(6-8)13-14(17-11)18-15(21-19-13)20-16-7-9-3-5-12(25-9)22(23)24/h2-7H,1H3,(H2,17,18,20,21). The van der Waals surface area contributed by atoms with Crippen LogP contribution in [0.4, 0.5) is 11.8 Å². The maximum atomic E-state index is 10.5. The molecular weight excluding hydrogens is 326 g/mol. The molecule has 0 aliphatic heterocycles. The van der Waals surface area contributed by atoms with Gasteiger partial charge in [-0.3, -0.25) is 10.1 Å². The van der Waals surface area contributed by atoms with E-state index in [0.717, 1.165) is 16.5 Å². The number of nitrogens with one attached hydrogen (secondary N) is 2. The molecule has 4 aromatic rings. The maximum absolute atomic E-state index is 10.5. The van der Waals surface area contributed by atoms with Crippen LogP contribution in [0.15, 0.2) is 39.9 Å². The molecule has 0 fully saturated rings. The Hall–Kier alpha value is -3.82. The molecule has 10 heteroatoms. The van der Waals surface area contributed by atoms with Gasteiger partial charge in [0.05, 0.1) is 12.3 Å². The lowest BCUT2D eigenvalue weighted by molar-refractivity contribution is -0.402. The van der Waals surface area contributed by atoms with E-state index < -0.39 is 4.92 Å². The third-order valence-corrected chi connectivity index (χ3v) is 3.52. The summed E-state index contributed by atoms with van der Waals surface area (Å²) in [5, 5.41) is 23.5. The maximum Gasteiger partial charge on any atom is 0.433 e. The number of fused-ring (bicyclic) bond motifs is 3. The molecule has 0 amide bonds. The molecule has 0 saturated heterocycles. The predicted octanol–water partition coefficient (Wildman–Crippen LogP) is 2.76. The lowest BCUT2D eigenvalue weighted by Crippen LogP contribution is -1.98. The van der Waals surface area contributed by atoms with E-state index in [1.165, 1.54) is 18.3 Å². The van der Waals surface area contributed by atoms with E-state index >= 15 is 0 Å². The molecule has 2 N–H and O–H groups in total. The highest BCUT2D eigenvalue weighted by Gasteiger charge is 2.11. The number of hydrogen-bond acceptors (Lipinski definition) is 8. The molecule has 1 aromatic carbocycles. The van der Waals surface area contributed by atoms with E-state index in [9.17, 15) is 10.1 Å². The SMILES string of the molecule is Cc1ccc2[nH]c3nc(NN=Cc4ccc([N+](=O)[O-])o4)nnc3c2c1. The summed E-state index contributed by atoms with van der Waals surface area (Å²) in [5.74, 6) is 0.0663. The number of hydrogen-bond donors (Lipinski definition) is 2. The summed E-state index contributed by atoms with van der Waals surface area (Å²) in [4.78, 5) is 17.4. The van der Waals surface area contributed by atoms with Gasteiger partial charge in [-0.1, -0.05) is 11.6 Å². The van der Waals surface area contributed by atoms with Gasteiger partial charge in [0, 0.05) is 10.9 Å². The fraction of sp³-hybridized carbons (Fsp3) is 0.0667. The zero-order valence-corrected chi connectivity index (χ0v) is 12.9. The number of nitro groups is 1. The molecule has 25 heavy (non-hydrogen) atoms. The van der Waals surface area contributed by atoms with Crippen LogP contribution in [0.2, 0.25) is 0 Å². The van der Waals surface area contributed by atoms with E-state index in [0.29, 0.717) is 11.2 Å². The van der Waals surface area contributed by atoms with Crippen molar-refractivity contribution < 1.29 is 9.34 Å². The van der Waals surface area contributed by atoms with Gasteiger partial charge < -0.3 is 9.40 Å². The topological polar surface area (TPSA) is 135 Å². The first-order valence-electron chi connectivity index (χ1n) is 7.26. The summed E-state index contributed by atoms with van der Waals surface area (Å²) in [5.41, 5.74) is 5.92. The Kier molecular flexibility index (Phi) is 3.35. The minimum Gasteiger partial charge on any atom is -0.400 e. The Morgan fingerprint density at radius 2 is 2.20 bits per heavy atom. The summed E-state index contributed by atoms with van der Waals surface area (Å²) in [7, 11) is 0. The number of nitrogens with zero attached hydrogens (tertiary/aromatic N) is 5. The van der Waals surface area contributed by atoms with Gasteiger partial charge in [-0.05, 0) is 25.1 Å². The number of hydrazone groups is 1. The number of H-pyrrole nitrogens is 1. The number of anilines is 1.